The minimum absolute atomic E-state index is 0.913. The summed E-state index contributed by atoms with van der Waals surface area (Å²) in [5.74, 6) is 0. The fourth-order valence-corrected chi connectivity index (χ4v) is 8.56. The minimum Gasteiger partial charge on any atom is -0.456 e. The fourth-order valence-electron chi connectivity index (χ4n) is 8.56. The van der Waals surface area contributed by atoms with Crippen LogP contribution in [0.3, 0.4) is 0 Å². The van der Waals surface area contributed by atoms with E-state index in [1.54, 1.807) is 0 Å². The van der Waals surface area contributed by atoms with E-state index in [1.165, 1.54) is 54.7 Å². The first-order valence-electron chi connectivity index (χ1n) is 17.7. The monoisotopic (exact) mass is 664 g/mol. The van der Waals surface area contributed by atoms with Crippen LogP contribution in [0.1, 0.15) is 0 Å². The maximum atomic E-state index is 6.30. The zero-order valence-corrected chi connectivity index (χ0v) is 27.9. The van der Waals surface area contributed by atoms with Gasteiger partial charge in [-0.15, -0.1) is 0 Å². The Balaban J connectivity index is 1.01. The molecule has 0 unspecified atom stereocenters. The zero-order chi connectivity index (χ0) is 33.9. The van der Waals surface area contributed by atoms with E-state index in [-0.39, 0.29) is 0 Å². The second kappa shape index (κ2) is 10.3. The molecule has 12 aromatic rings. The highest BCUT2D eigenvalue weighted by atomic mass is 16.3. The summed E-state index contributed by atoms with van der Waals surface area (Å²) >= 11 is 0. The Morgan fingerprint density at radius 2 is 0.769 bits per heavy atom. The zero-order valence-electron chi connectivity index (χ0n) is 27.9. The Morgan fingerprint density at radius 1 is 0.269 bits per heavy atom. The van der Waals surface area contributed by atoms with Gasteiger partial charge in [0.15, 0.2) is 0 Å². The maximum Gasteiger partial charge on any atom is 0.136 e. The van der Waals surface area contributed by atoms with Crippen LogP contribution >= 0.6 is 0 Å². The second-order valence-corrected chi connectivity index (χ2v) is 13.7. The summed E-state index contributed by atoms with van der Waals surface area (Å²) in [4.78, 5) is 0. The minimum atomic E-state index is 0.913. The van der Waals surface area contributed by atoms with Gasteiger partial charge in [-0.2, -0.15) is 0 Å². The average Bonchev–Trinajstić information content (AvgIpc) is 3.93. The molecule has 0 saturated carbocycles. The summed E-state index contributed by atoms with van der Waals surface area (Å²) < 4.78 is 17.4. The normalized spacial score (nSPS) is 12.2. The largest absolute Gasteiger partial charge is 0.456 e. The summed E-state index contributed by atoms with van der Waals surface area (Å²) in [7, 11) is 0. The Kier molecular flexibility index (Phi) is 5.47. The molecule has 0 saturated heterocycles. The quantitative estimate of drug-likeness (QED) is 0.188. The second-order valence-electron chi connectivity index (χ2n) is 13.7. The lowest BCUT2D eigenvalue weighted by atomic mass is 10.0. The van der Waals surface area contributed by atoms with Gasteiger partial charge in [-0.1, -0.05) is 97.1 Å². The molecule has 0 bridgehead atoms. The Labute approximate surface area is 296 Å². The highest BCUT2D eigenvalue weighted by molar-refractivity contribution is 6.18. The van der Waals surface area contributed by atoms with Crippen molar-refractivity contribution in [2.75, 3.05) is 0 Å². The number of aromatic nitrogens is 2. The molecular formula is C48H28N2O2. The van der Waals surface area contributed by atoms with Gasteiger partial charge in [0.25, 0.3) is 0 Å². The van der Waals surface area contributed by atoms with Crippen LogP contribution in [0.5, 0.6) is 0 Å². The van der Waals surface area contributed by atoms with Crippen molar-refractivity contribution in [3.8, 4) is 22.5 Å². The molecule has 0 radical (unpaired) electrons. The number of nitrogens with zero attached hydrogens (tertiary/aromatic N) is 2. The number of fused-ring (bicyclic) bond motifs is 12. The Morgan fingerprint density at radius 3 is 1.35 bits per heavy atom. The maximum absolute atomic E-state index is 6.30. The first-order valence-corrected chi connectivity index (χ1v) is 17.7. The molecule has 4 heterocycles. The molecule has 0 N–H and O–H groups in total. The van der Waals surface area contributed by atoms with Crippen molar-refractivity contribution in [2.45, 2.75) is 0 Å². The number of hydrogen-bond donors (Lipinski definition) is 0. The van der Waals surface area contributed by atoms with E-state index in [9.17, 15) is 0 Å². The molecule has 0 aliphatic carbocycles. The number of para-hydroxylation sites is 4. The number of furan rings is 2. The van der Waals surface area contributed by atoms with Crippen molar-refractivity contribution in [3.63, 3.8) is 0 Å². The van der Waals surface area contributed by atoms with Gasteiger partial charge in [0.1, 0.15) is 22.3 Å². The van der Waals surface area contributed by atoms with Crippen molar-refractivity contribution < 1.29 is 8.83 Å². The SMILES string of the molecule is c1cc(-c2ccc(-n3c4ccccc4c4cc5oc6ccccc6c5cc43)cc2)cc(-n2c3ccccc3c3cc4oc5ccccc5c4cc32)c1. The van der Waals surface area contributed by atoms with Crippen LogP contribution in [-0.4, -0.2) is 9.13 Å². The van der Waals surface area contributed by atoms with Gasteiger partial charge < -0.3 is 18.0 Å². The van der Waals surface area contributed by atoms with Crippen LogP contribution < -0.4 is 0 Å². The molecule has 0 fully saturated rings. The highest BCUT2D eigenvalue weighted by Gasteiger charge is 2.18. The van der Waals surface area contributed by atoms with Gasteiger partial charge in [0, 0.05) is 54.5 Å². The third-order valence-corrected chi connectivity index (χ3v) is 10.9. The van der Waals surface area contributed by atoms with Crippen LogP contribution in [0.25, 0.3) is 110 Å². The van der Waals surface area contributed by atoms with Crippen LogP contribution in [0.2, 0.25) is 0 Å². The molecule has 0 amide bonds. The third-order valence-electron chi connectivity index (χ3n) is 10.9. The number of benzene rings is 8. The van der Waals surface area contributed by atoms with Crippen molar-refractivity contribution >= 4 is 87.5 Å². The lowest BCUT2D eigenvalue weighted by Crippen LogP contribution is -1.95. The molecule has 242 valence electrons. The van der Waals surface area contributed by atoms with E-state index in [1.807, 2.05) is 24.3 Å². The topological polar surface area (TPSA) is 36.1 Å². The van der Waals surface area contributed by atoms with Gasteiger partial charge in [-0.25, -0.2) is 0 Å². The van der Waals surface area contributed by atoms with E-state index in [4.69, 9.17) is 8.83 Å². The molecule has 4 aromatic heterocycles. The molecule has 4 heteroatoms. The molecule has 4 nitrogen and oxygen atoms in total. The molecule has 8 aromatic carbocycles. The van der Waals surface area contributed by atoms with Gasteiger partial charge in [-0.05, 0) is 83.9 Å². The van der Waals surface area contributed by atoms with Crippen LogP contribution in [0.15, 0.2) is 179 Å². The molecule has 12 rings (SSSR count). The van der Waals surface area contributed by atoms with E-state index in [2.05, 4.69) is 155 Å². The Hall–Kier alpha value is -7.04. The standard InChI is InChI=1S/C48H28N2O2/c1-5-16-41-33(12-1)37-27-47-39(35-14-3-7-18-45(35)51-47)25-43(37)49(41)31-22-20-29(21-23-31)30-10-9-11-32(24-30)50-42-17-6-2-13-34(42)38-28-48-40(26-44(38)50)36-15-4-8-19-46(36)52-48/h1-28H. The van der Waals surface area contributed by atoms with Crippen molar-refractivity contribution in [2.24, 2.45) is 0 Å². The van der Waals surface area contributed by atoms with Crippen molar-refractivity contribution in [1.82, 2.24) is 9.13 Å². The van der Waals surface area contributed by atoms with E-state index in [0.717, 1.165) is 55.3 Å². The van der Waals surface area contributed by atoms with Crippen molar-refractivity contribution in [3.05, 3.63) is 170 Å². The van der Waals surface area contributed by atoms with Crippen molar-refractivity contribution in [1.29, 1.82) is 0 Å². The van der Waals surface area contributed by atoms with Crippen LogP contribution in [0.4, 0.5) is 0 Å². The van der Waals surface area contributed by atoms with Gasteiger partial charge in [-0.3, -0.25) is 0 Å². The molecule has 0 spiro atoms. The average molecular weight is 665 g/mol. The van der Waals surface area contributed by atoms with Gasteiger partial charge in [0.2, 0.25) is 0 Å². The van der Waals surface area contributed by atoms with Gasteiger partial charge in [0.05, 0.1) is 22.1 Å². The van der Waals surface area contributed by atoms with Crippen LogP contribution in [-0.2, 0) is 0 Å². The predicted octanol–water partition coefficient (Wildman–Crippen LogP) is 13.3. The van der Waals surface area contributed by atoms with Gasteiger partial charge >= 0.3 is 0 Å². The van der Waals surface area contributed by atoms with Crippen LogP contribution in [0, 0.1) is 0 Å². The fraction of sp³-hybridized carbons (Fsp3) is 0. The lowest BCUT2D eigenvalue weighted by Gasteiger charge is -2.12. The smallest absolute Gasteiger partial charge is 0.136 e. The summed E-state index contributed by atoms with van der Waals surface area (Å²) in [6.07, 6.45) is 0. The summed E-state index contributed by atoms with van der Waals surface area (Å²) in [5.41, 5.74) is 12.9. The van der Waals surface area contributed by atoms with E-state index < -0.39 is 0 Å². The molecular weight excluding hydrogens is 637 g/mol. The van der Waals surface area contributed by atoms with E-state index in [0.29, 0.717) is 0 Å². The van der Waals surface area contributed by atoms with E-state index >= 15 is 0 Å². The predicted molar refractivity (Wildman–Crippen MR) is 215 cm³/mol. The first-order chi connectivity index (χ1) is 25.8. The molecule has 0 aliphatic heterocycles. The molecule has 52 heavy (non-hydrogen) atoms. The molecule has 0 atom stereocenters. The number of rotatable bonds is 3. The highest BCUT2D eigenvalue weighted by Crippen LogP contribution is 2.40. The third kappa shape index (κ3) is 3.81. The molecule has 0 aliphatic rings. The number of hydrogen-bond acceptors (Lipinski definition) is 2. The first kappa shape index (κ1) is 27.7. The summed E-state index contributed by atoms with van der Waals surface area (Å²) in [6.45, 7) is 0. The Bertz CT molecular complexity index is 3410. The lowest BCUT2D eigenvalue weighted by molar-refractivity contribution is 0.669. The summed E-state index contributed by atoms with van der Waals surface area (Å²) in [6, 6.07) is 60.7. The summed E-state index contributed by atoms with van der Waals surface area (Å²) in [5, 5.41) is 9.32.